The summed E-state index contributed by atoms with van der Waals surface area (Å²) in [4.78, 5) is 10.7. The topological polar surface area (TPSA) is 63.3 Å². The second kappa shape index (κ2) is 4.10. The normalized spacial score (nSPS) is 22.8. The molecule has 1 fully saturated rings. The van der Waals surface area contributed by atoms with Gasteiger partial charge in [0, 0.05) is 0 Å². The number of nitrogens with two attached hydrogens (primary N) is 1. The van der Waals surface area contributed by atoms with Crippen LogP contribution in [0.4, 0.5) is 0 Å². The molecule has 0 bridgehead atoms. The Labute approximate surface area is 78.7 Å². The van der Waals surface area contributed by atoms with Crippen molar-refractivity contribution >= 4 is 18.4 Å². The zero-order valence-electron chi connectivity index (χ0n) is 7.25. The minimum absolute atomic E-state index is 0. The molecule has 1 aliphatic rings. The zero-order chi connectivity index (χ0) is 8.48. The van der Waals surface area contributed by atoms with E-state index in [9.17, 15) is 4.79 Å². The molecule has 1 saturated carbocycles. The molecule has 3 N–H and O–H groups in total. The summed E-state index contributed by atoms with van der Waals surface area (Å²) < 4.78 is 0. The summed E-state index contributed by atoms with van der Waals surface area (Å²) in [5.74, 6) is -0.690. The van der Waals surface area contributed by atoms with Crippen LogP contribution in [0.15, 0.2) is 0 Å². The Morgan fingerprint density at radius 3 is 2.25 bits per heavy atom. The van der Waals surface area contributed by atoms with Crippen LogP contribution in [0.2, 0.25) is 0 Å². The number of carboxylic acids is 1. The van der Waals surface area contributed by atoms with E-state index >= 15 is 0 Å². The van der Waals surface area contributed by atoms with Crippen LogP contribution in [0, 0.1) is 5.92 Å². The first kappa shape index (κ1) is 11.7. The number of halogens is 1. The van der Waals surface area contributed by atoms with Gasteiger partial charge in [0.05, 0.1) is 0 Å². The van der Waals surface area contributed by atoms with E-state index in [1.54, 1.807) is 6.92 Å². The van der Waals surface area contributed by atoms with E-state index in [1.165, 1.54) is 0 Å². The Bertz CT molecular complexity index is 164. The number of aliphatic carboxylic acids is 1. The maximum atomic E-state index is 10.7. The van der Waals surface area contributed by atoms with E-state index < -0.39 is 11.5 Å². The third-order valence-electron chi connectivity index (χ3n) is 2.66. The van der Waals surface area contributed by atoms with Gasteiger partial charge in [-0.05, 0) is 25.7 Å². The minimum atomic E-state index is -1.00. The van der Waals surface area contributed by atoms with Crippen molar-refractivity contribution in [3.05, 3.63) is 0 Å². The first-order valence-electron chi connectivity index (χ1n) is 4.07. The van der Waals surface area contributed by atoms with Crippen LogP contribution in [0.3, 0.4) is 0 Å². The third kappa shape index (κ3) is 2.11. The molecular formula is C8H16ClNO2. The van der Waals surface area contributed by atoms with E-state index in [1.807, 2.05) is 0 Å². The summed E-state index contributed by atoms with van der Waals surface area (Å²) in [6, 6.07) is 0. The van der Waals surface area contributed by atoms with Gasteiger partial charge in [-0.1, -0.05) is 12.8 Å². The second-order valence-corrected chi connectivity index (χ2v) is 3.57. The summed E-state index contributed by atoms with van der Waals surface area (Å²) in [6.45, 7) is 1.62. The lowest BCUT2D eigenvalue weighted by Gasteiger charge is -2.26. The summed E-state index contributed by atoms with van der Waals surface area (Å²) in [5.41, 5.74) is 4.66. The van der Waals surface area contributed by atoms with E-state index in [4.69, 9.17) is 10.8 Å². The van der Waals surface area contributed by atoms with Crippen molar-refractivity contribution in [1.29, 1.82) is 0 Å². The molecular weight excluding hydrogens is 178 g/mol. The Balaban J connectivity index is 0.00000121. The summed E-state index contributed by atoms with van der Waals surface area (Å²) in [7, 11) is 0. The quantitative estimate of drug-likeness (QED) is 0.697. The molecule has 0 aliphatic heterocycles. The van der Waals surface area contributed by atoms with Crippen LogP contribution < -0.4 is 5.73 Å². The largest absolute Gasteiger partial charge is 0.480 e. The molecule has 0 heterocycles. The predicted molar refractivity (Wildman–Crippen MR) is 49.4 cm³/mol. The Kier molecular flexibility index (Phi) is 4.00. The molecule has 3 nitrogen and oxygen atoms in total. The van der Waals surface area contributed by atoms with Crippen LogP contribution in [-0.4, -0.2) is 16.6 Å². The maximum Gasteiger partial charge on any atom is 0.323 e. The fraction of sp³-hybridized carbons (Fsp3) is 0.875. The van der Waals surface area contributed by atoms with Gasteiger partial charge in [0.25, 0.3) is 0 Å². The van der Waals surface area contributed by atoms with E-state index in [0.29, 0.717) is 0 Å². The number of rotatable bonds is 2. The molecule has 0 aromatic heterocycles. The lowest BCUT2D eigenvalue weighted by Crippen LogP contribution is -2.50. The van der Waals surface area contributed by atoms with Gasteiger partial charge in [0.1, 0.15) is 5.54 Å². The number of carbonyl (C=O) groups is 1. The molecule has 72 valence electrons. The monoisotopic (exact) mass is 193 g/mol. The predicted octanol–water partition coefficient (Wildman–Crippen LogP) is 1.40. The molecule has 12 heavy (non-hydrogen) atoms. The first-order chi connectivity index (χ1) is 5.05. The van der Waals surface area contributed by atoms with Gasteiger partial charge in [0.2, 0.25) is 0 Å². The lowest BCUT2D eigenvalue weighted by atomic mass is 9.85. The van der Waals surface area contributed by atoms with Crippen LogP contribution >= 0.6 is 12.4 Å². The number of hydrogen-bond acceptors (Lipinski definition) is 2. The van der Waals surface area contributed by atoms with Crippen LogP contribution in [0.25, 0.3) is 0 Å². The van der Waals surface area contributed by atoms with Crippen molar-refractivity contribution in [2.45, 2.75) is 38.1 Å². The molecule has 0 radical (unpaired) electrons. The molecule has 0 spiro atoms. The highest BCUT2D eigenvalue weighted by Crippen LogP contribution is 2.32. The molecule has 1 atom stereocenters. The Morgan fingerprint density at radius 2 is 1.92 bits per heavy atom. The molecule has 0 amide bonds. The number of carboxylic acid groups (broad SMARTS) is 1. The zero-order valence-corrected chi connectivity index (χ0v) is 8.06. The van der Waals surface area contributed by atoms with Crippen molar-refractivity contribution in [2.24, 2.45) is 11.7 Å². The van der Waals surface area contributed by atoms with Gasteiger partial charge in [0.15, 0.2) is 0 Å². The van der Waals surface area contributed by atoms with Crippen LogP contribution in [-0.2, 0) is 4.79 Å². The van der Waals surface area contributed by atoms with E-state index in [0.717, 1.165) is 25.7 Å². The molecule has 1 aliphatic carbocycles. The van der Waals surface area contributed by atoms with Gasteiger partial charge in [-0.2, -0.15) is 0 Å². The number of hydrogen-bond donors (Lipinski definition) is 2. The summed E-state index contributed by atoms with van der Waals surface area (Å²) in [5, 5.41) is 8.78. The fourth-order valence-corrected chi connectivity index (χ4v) is 1.70. The standard InChI is InChI=1S/C8H15NO2.ClH/c1-8(9,7(10)11)6-4-2-3-5-6;/h6H,2-5,9H2,1H3,(H,10,11);1H/t8-;/m0./s1. The average molecular weight is 194 g/mol. The van der Waals surface area contributed by atoms with Gasteiger partial charge < -0.3 is 10.8 Å². The maximum absolute atomic E-state index is 10.7. The SMILES string of the molecule is C[C@@](N)(C(=O)O)C1CCCC1.Cl. The molecule has 4 heteroatoms. The Hall–Kier alpha value is -0.280. The van der Waals surface area contributed by atoms with Crippen molar-refractivity contribution in [1.82, 2.24) is 0 Å². The molecule has 1 rings (SSSR count). The van der Waals surface area contributed by atoms with Crippen molar-refractivity contribution in [3.63, 3.8) is 0 Å². The van der Waals surface area contributed by atoms with Gasteiger partial charge >= 0.3 is 5.97 Å². The van der Waals surface area contributed by atoms with Crippen molar-refractivity contribution < 1.29 is 9.90 Å². The van der Waals surface area contributed by atoms with E-state index in [-0.39, 0.29) is 18.3 Å². The van der Waals surface area contributed by atoms with Crippen LogP contribution in [0.1, 0.15) is 32.6 Å². The second-order valence-electron chi connectivity index (χ2n) is 3.57. The highest BCUT2D eigenvalue weighted by molar-refractivity contribution is 5.85. The van der Waals surface area contributed by atoms with Gasteiger partial charge in [-0.25, -0.2) is 0 Å². The van der Waals surface area contributed by atoms with Gasteiger partial charge in [-0.15, -0.1) is 12.4 Å². The first-order valence-corrected chi connectivity index (χ1v) is 4.07. The highest BCUT2D eigenvalue weighted by atomic mass is 35.5. The Morgan fingerprint density at radius 1 is 1.50 bits per heavy atom. The fourth-order valence-electron chi connectivity index (χ4n) is 1.70. The summed E-state index contributed by atoms with van der Waals surface area (Å²) in [6.07, 6.45) is 4.20. The van der Waals surface area contributed by atoms with Crippen molar-refractivity contribution in [3.8, 4) is 0 Å². The third-order valence-corrected chi connectivity index (χ3v) is 2.66. The minimum Gasteiger partial charge on any atom is -0.480 e. The summed E-state index contributed by atoms with van der Waals surface area (Å²) >= 11 is 0. The van der Waals surface area contributed by atoms with Crippen LogP contribution in [0.5, 0.6) is 0 Å². The lowest BCUT2D eigenvalue weighted by molar-refractivity contribution is -0.144. The van der Waals surface area contributed by atoms with Gasteiger partial charge in [-0.3, -0.25) is 4.79 Å². The molecule has 0 unspecified atom stereocenters. The van der Waals surface area contributed by atoms with E-state index in [2.05, 4.69) is 0 Å². The molecule has 0 saturated heterocycles. The molecule has 0 aromatic carbocycles. The smallest absolute Gasteiger partial charge is 0.323 e. The van der Waals surface area contributed by atoms with Crippen molar-refractivity contribution in [2.75, 3.05) is 0 Å². The average Bonchev–Trinajstić information content (AvgIpc) is 2.37. The highest BCUT2D eigenvalue weighted by Gasteiger charge is 2.38. The molecule has 0 aromatic rings.